The zero-order chi connectivity index (χ0) is 14.4. The molecule has 20 heavy (non-hydrogen) atoms. The molecule has 0 aliphatic carbocycles. The summed E-state index contributed by atoms with van der Waals surface area (Å²) in [7, 11) is 1.59. The van der Waals surface area contributed by atoms with Crippen molar-refractivity contribution in [1.29, 1.82) is 0 Å². The maximum Gasteiger partial charge on any atom is 0.271 e. The fourth-order valence-corrected chi connectivity index (χ4v) is 1.96. The molecule has 0 fully saturated rings. The van der Waals surface area contributed by atoms with Crippen molar-refractivity contribution in [2.24, 2.45) is 5.10 Å². The molecule has 1 amide bonds. The first-order valence-electron chi connectivity index (χ1n) is 5.92. The van der Waals surface area contributed by atoms with Gasteiger partial charge in [-0.05, 0) is 59.0 Å². The molecule has 4 nitrogen and oxygen atoms in total. The van der Waals surface area contributed by atoms with Crippen molar-refractivity contribution in [3.63, 3.8) is 0 Å². The number of halogens is 1. The molecule has 5 heteroatoms. The van der Waals surface area contributed by atoms with E-state index in [-0.39, 0.29) is 5.91 Å². The van der Waals surface area contributed by atoms with Gasteiger partial charge in [0.15, 0.2) is 0 Å². The van der Waals surface area contributed by atoms with E-state index in [2.05, 4.69) is 33.1 Å². The highest BCUT2D eigenvalue weighted by Gasteiger charge is 2.03. The second-order valence-corrected chi connectivity index (χ2v) is 5.19. The van der Waals surface area contributed by atoms with Crippen LogP contribution in [0.1, 0.15) is 15.9 Å². The summed E-state index contributed by atoms with van der Waals surface area (Å²) in [5, 5.41) is 3.94. The molecular weight excluding hydrogens is 367 g/mol. The molecule has 0 aliphatic rings. The molecule has 2 aromatic carbocycles. The molecule has 102 valence electrons. The quantitative estimate of drug-likeness (QED) is 0.504. The molecule has 0 aliphatic heterocycles. The highest BCUT2D eigenvalue weighted by molar-refractivity contribution is 14.1. The lowest BCUT2D eigenvalue weighted by atomic mass is 10.2. The van der Waals surface area contributed by atoms with Crippen molar-refractivity contribution in [3.8, 4) is 5.75 Å². The van der Waals surface area contributed by atoms with Crippen molar-refractivity contribution in [2.45, 2.75) is 0 Å². The number of carbonyl (C=O) groups excluding carboxylic acids is 1. The van der Waals surface area contributed by atoms with Crippen molar-refractivity contribution in [2.75, 3.05) is 7.11 Å². The first-order valence-corrected chi connectivity index (χ1v) is 7.00. The van der Waals surface area contributed by atoms with Crippen LogP contribution < -0.4 is 10.2 Å². The summed E-state index contributed by atoms with van der Waals surface area (Å²) >= 11 is 2.19. The summed E-state index contributed by atoms with van der Waals surface area (Å²) in [6.45, 7) is 0. The van der Waals surface area contributed by atoms with Gasteiger partial charge in [0, 0.05) is 14.7 Å². The van der Waals surface area contributed by atoms with Crippen LogP contribution >= 0.6 is 22.6 Å². The topological polar surface area (TPSA) is 50.7 Å². The van der Waals surface area contributed by atoms with E-state index < -0.39 is 0 Å². The van der Waals surface area contributed by atoms with Crippen LogP contribution in [-0.2, 0) is 0 Å². The number of methoxy groups -OCH3 is 1. The monoisotopic (exact) mass is 380 g/mol. The normalized spacial score (nSPS) is 10.5. The minimum absolute atomic E-state index is 0.243. The summed E-state index contributed by atoms with van der Waals surface area (Å²) in [6.07, 6.45) is 1.56. The molecule has 0 unspecified atom stereocenters. The van der Waals surface area contributed by atoms with Crippen molar-refractivity contribution in [1.82, 2.24) is 5.43 Å². The lowest BCUT2D eigenvalue weighted by Gasteiger charge is -2.03. The average Bonchev–Trinajstić information content (AvgIpc) is 2.48. The molecule has 0 atom stereocenters. The van der Waals surface area contributed by atoms with Gasteiger partial charge in [0.2, 0.25) is 0 Å². The number of carbonyl (C=O) groups is 1. The molecule has 0 radical (unpaired) electrons. The Balaban J connectivity index is 2.02. The third-order valence-corrected chi connectivity index (χ3v) is 3.33. The van der Waals surface area contributed by atoms with E-state index in [4.69, 9.17) is 4.74 Å². The fourth-order valence-electron chi connectivity index (χ4n) is 1.60. The third kappa shape index (κ3) is 3.80. The SMILES string of the molecule is COc1ccccc1/C=N\NC(=O)c1ccc(I)cc1. The van der Waals surface area contributed by atoms with Gasteiger partial charge in [-0.2, -0.15) is 5.10 Å². The smallest absolute Gasteiger partial charge is 0.271 e. The summed E-state index contributed by atoms with van der Waals surface area (Å²) in [6, 6.07) is 14.7. The highest BCUT2D eigenvalue weighted by atomic mass is 127. The molecule has 0 saturated heterocycles. The van der Waals surface area contributed by atoms with Gasteiger partial charge in [0.25, 0.3) is 5.91 Å². The summed E-state index contributed by atoms with van der Waals surface area (Å²) < 4.78 is 6.28. The van der Waals surface area contributed by atoms with Gasteiger partial charge in [-0.15, -0.1) is 0 Å². The van der Waals surface area contributed by atoms with E-state index in [1.807, 2.05) is 36.4 Å². The minimum atomic E-state index is -0.243. The van der Waals surface area contributed by atoms with E-state index in [9.17, 15) is 4.79 Å². The summed E-state index contributed by atoms with van der Waals surface area (Å²) in [4.78, 5) is 11.8. The zero-order valence-electron chi connectivity index (χ0n) is 10.8. The van der Waals surface area contributed by atoms with E-state index >= 15 is 0 Å². The number of hydrogen-bond donors (Lipinski definition) is 1. The molecule has 0 spiro atoms. The lowest BCUT2D eigenvalue weighted by Crippen LogP contribution is -2.17. The van der Waals surface area contributed by atoms with Gasteiger partial charge < -0.3 is 4.74 Å². The first kappa shape index (κ1) is 14.5. The number of rotatable bonds is 4. The van der Waals surface area contributed by atoms with Crippen LogP contribution in [0.3, 0.4) is 0 Å². The van der Waals surface area contributed by atoms with Crippen molar-refractivity contribution < 1.29 is 9.53 Å². The van der Waals surface area contributed by atoms with E-state index in [0.29, 0.717) is 11.3 Å². The minimum Gasteiger partial charge on any atom is -0.496 e. The predicted molar refractivity (Wildman–Crippen MR) is 87.2 cm³/mol. The Morgan fingerprint density at radius 3 is 2.60 bits per heavy atom. The number of hydrogen-bond acceptors (Lipinski definition) is 3. The van der Waals surface area contributed by atoms with Crippen LogP contribution in [0.25, 0.3) is 0 Å². The Hall–Kier alpha value is -1.89. The van der Waals surface area contributed by atoms with Crippen LogP contribution in [0.4, 0.5) is 0 Å². The molecule has 0 saturated carbocycles. The number of para-hydroxylation sites is 1. The molecule has 0 heterocycles. The highest BCUT2D eigenvalue weighted by Crippen LogP contribution is 2.14. The molecular formula is C15H13IN2O2. The summed E-state index contributed by atoms with van der Waals surface area (Å²) in [5.41, 5.74) is 3.87. The van der Waals surface area contributed by atoms with Gasteiger partial charge in [-0.3, -0.25) is 4.79 Å². The molecule has 0 aromatic heterocycles. The summed E-state index contributed by atoms with van der Waals surface area (Å²) in [5.74, 6) is 0.465. The second kappa shape index (κ2) is 7.04. The number of benzene rings is 2. The number of ether oxygens (including phenoxy) is 1. The average molecular weight is 380 g/mol. The number of nitrogens with one attached hydrogen (secondary N) is 1. The van der Waals surface area contributed by atoms with Crippen LogP contribution in [0, 0.1) is 3.57 Å². The van der Waals surface area contributed by atoms with Gasteiger partial charge in [0.1, 0.15) is 5.75 Å². The lowest BCUT2D eigenvalue weighted by molar-refractivity contribution is 0.0955. The van der Waals surface area contributed by atoms with E-state index in [1.54, 1.807) is 25.5 Å². The molecule has 2 rings (SSSR count). The van der Waals surface area contributed by atoms with Crippen LogP contribution in [0.2, 0.25) is 0 Å². The Kier molecular flexibility index (Phi) is 5.11. The van der Waals surface area contributed by atoms with Crippen LogP contribution in [0.15, 0.2) is 53.6 Å². The number of amides is 1. The van der Waals surface area contributed by atoms with E-state index in [0.717, 1.165) is 9.13 Å². The van der Waals surface area contributed by atoms with Gasteiger partial charge in [-0.1, -0.05) is 12.1 Å². The Labute approximate surface area is 131 Å². The largest absolute Gasteiger partial charge is 0.496 e. The zero-order valence-corrected chi connectivity index (χ0v) is 13.0. The first-order chi connectivity index (χ1) is 9.70. The van der Waals surface area contributed by atoms with Crippen LogP contribution in [-0.4, -0.2) is 19.2 Å². The number of hydrazone groups is 1. The molecule has 1 N–H and O–H groups in total. The van der Waals surface area contributed by atoms with Crippen molar-refractivity contribution in [3.05, 3.63) is 63.2 Å². The van der Waals surface area contributed by atoms with Gasteiger partial charge >= 0.3 is 0 Å². The second-order valence-electron chi connectivity index (χ2n) is 3.95. The molecule has 2 aromatic rings. The van der Waals surface area contributed by atoms with Crippen molar-refractivity contribution >= 4 is 34.7 Å². The van der Waals surface area contributed by atoms with Gasteiger partial charge in [-0.25, -0.2) is 5.43 Å². The third-order valence-electron chi connectivity index (χ3n) is 2.62. The Morgan fingerprint density at radius 2 is 1.90 bits per heavy atom. The number of nitrogens with zero attached hydrogens (tertiary/aromatic N) is 1. The maximum absolute atomic E-state index is 11.8. The van der Waals surface area contributed by atoms with Crippen LogP contribution in [0.5, 0.6) is 5.75 Å². The van der Waals surface area contributed by atoms with E-state index in [1.165, 1.54) is 0 Å². The van der Waals surface area contributed by atoms with Gasteiger partial charge in [0.05, 0.1) is 13.3 Å². The predicted octanol–water partition coefficient (Wildman–Crippen LogP) is 3.06. The molecule has 0 bridgehead atoms. The Morgan fingerprint density at radius 1 is 1.20 bits per heavy atom. The maximum atomic E-state index is 11.8. The Bertz CT molecular complexity index is 624. The fraction of sp³-hybridized carbons (Fsp3) is 0.0667. The standard InChI is InChI=1S/C15H13IN2O2/c1-20-14-5-3-2-4-12(14)10-17-18-15(19)11-6-8-13(16)9-7-11/h2-10H,1H3,(H,18,19)/b17-10-.